The average Bonchev–Trinajstić information content (AvgIpc) is 3.14. The highest BCUT2D eigenvalue weighted by atomic mass is 32.2. The van der Waals surface area contributed by atoms with Crippen molar-refractivity contribution in [3.63, 3.8) is 0 Å². The summed E-state index contributed by atoms with van der Waals surface area (Å²) in [5, 5.41) is 37.2. The highest BCUT2D eigenvalue weighted by molar-refractivity contribution is 7.98. The number of carbonyl (C=O) groups is 3. The molecule has 5 N–H and O–H groups in total. The number of aryl methyl sites for hydroxylation is 1. The number of amides is 2. The minimum Gasteiger partial charge on any atom is -0.504 e. The quantitative estimate of drug-likeness (QED) is 0.148. The Morgan fingerprint density at radius 2 is 1.67 bits per heavy atom. The van der Waals surface area contributed by atoms with Crippen molar-refractivity contribution in [1.29, 1.82) is 0 Å². The van der Waals surface area contributed by atoms with Gasteiger partial charge in [0.05, 0.1) is 16.4 Å². The molecule has 3 atom stereocenters. The van der Waals surface area contributed by atoms with Gasteiger partial charge in [-0.25, -0.2) is 0 Å². The molecule has 234 valence electrons. The van der Waals surface area contributed by atoms with Crippen LogP contribution in [0.15, 0.2) is 58.2 Å². The van der Waals surface area contributed by atoms with Gasteiger partial charge in [0.15, 0.2) is 22.5 Å². The van der Waals surface area contributed by atoms with E-state index in [1.165, 1.54) is 23.9 Å². The maximum atomic E-state index is 13.5. The molecule has 2 fully saturated rings. The molecule has 2 aliphatic carbocycles. The average molecular weight is 631 g/mol. The third-order valence-corrected chi connectivity index (χ3v) is 11.1. The molecule has 1 saturated heterocycles. The van der Waals surface area contributed by atoms with Crippen molar-refractivity contribution in [3.8, 4) is 28.4 Å². The number of esters is 1. The summed E-state index contributed by atoms with van der Waals surface area (Å²) in [6.45, 7) is 5.60. The zero-order valence-electron chi connectivity index (χ0n) is 25.3. The summed E-state index contributed by atoms with van der Waals surface area (Å²) in [6.07, 6.45) is 3.44. The number of ether oxygens (including phenoxy) is 1. The zero-order valence-corrected chi connectivity index (χ0v) is 26.1. The minimum atomic E-state index is -1.27. The highest BCUT2D eigenvalue weighted by Gasteiger charge is 2.75. The summed E-state index contributed by atoms with van der Waals surface area (Å²) >= 11 is 1.27. The summed E-state index contributed by atoms with van der Waals surface area (Å²) in [6, 6.07) is 11.8. The number of nitrogens with one attached hydrogen (secondary N) is 2. The fraction of sp³-hybridized carbons (Fsp3) is 0.353. The van der Waals surface area contributed by atoms with Crippen molar-refractivity contribution in [3.05, 3.63) is 75.4 Å². The van der Waals surface area contributed by atoms with Gasteiger partial charge in [-0.15, -0.1) is 11.8 Å². The lowest BCUT2D eigenvalue weighted by Gasteiger charge is -2.35. The van der Waals surface area contributed by atoms with E-state index in [4.69, 9.17) is 4.74 Å². The first-order valence-corrected chi connectivity index (χ1v) is 15.9. The van der Waals surface area contributed by atoms with E-state index in [1.54, 1.807) is 42.7 Å². The number of hydrogen-bond donors (Lipinski definition) is 5. The molecule has 1 aliphatic heterocycles. The lowest BCUT2D eigenvalue weighted by molar-refractivity contribution is -0.165. The van der Waals surface area contributed by atoms with E-state index in [9.17, 15) is 34.5 Å². The molecule has 11 heteroatoms. The largest absolute Gasteiger partial charge is 0.504 e. The van der Waals surface area contributed by atoms with Gasteiger partial charge in [0.25, 0.3) is 11.8 Å². The molecule has 3 aromatic carbocycles. The summed E-state index contributed by atoms with van der Waals surface area (Å²) in [4.78, 5) is 53.1. The number of benzene rings is 2. The molecule has 6 rings (SSSR count). The monoisotopic (exact) mass is 630 g/mol. The van der Waals surface area contributed by atoms with Gasteiger partial charge in [-0.05, 0) is 98.0 Å². The summed E-state index contributed by atoms with van der Waals surface area (Å²) in [5.41, 5.74) is -0.437. The third-order valence-electron chi connectivity index (χ3n) is 10.3. The molecular weight excluding hydrogens is 596 g/mol. The second kappa shape index (κ2) is 10.5. The van der Waals surface area contributed by atoms with Crippen LogP contribution in [0, 0.1) is 10.8 Å². The van der Waals surface area contributed by atoms with Crippen molar-refractivity contribution >= 4 is 35.2 Å². The van der Waals surface area contributed by atoms with Crippen molar-refractivity contribution < 1.29 is 34.4 Å². The maximum Gasteiger partial charge on any atom is 0.313 e. The van der Waals surface area contributed by atoms with Gasteiger partial charge in [-0.3, -0.25) is 19.2 Å². The number of phenols is 3. The second-order valence-corrected chi connectivity index (χ2v) is 13.5. The Morgan fingerprint density at radius 3 is 2.29 bits per heavy atom. The van der Waals surface area contributed by atoms with Crippen LogP contribution in [-0.4, -0.2) is 45.0 Å². The Morgan fingerprint density at radius 1 is 0.956 bits per heavy atom. The molecule has 45 heavy (non-hydrogen) atoms. The summed E-state index contributed by atoms with van der Waals surface area (Å²) in [5.74, 6) is -2.82. The first kappa shape index (κ1) is 30.5. The van der Waals surface area contributed by atoms with Gasteiger partial charge in [-0.1, -0.05) is 19.9 Å². The van der Waals surface area contributed by atoms with Crippen LogP contribution in [0.1, 0.15) is 67.6 Å². The number of carbonyl (C=O) groups excluding carboxylic acids is 3. The number of aromatic hydroxyl groups is 3. The van der Waals surface area contributed by atoms with Crippen LogP contribution < -0.4 is 16.1 Å². The van der Waals surface area contributed by atoms with E-state index in [0.29, 0.717) is 58.5 Å². The van der Waals surface area contributed by atoms with E-state index in [-0.39, 0.29) is 17.0 Å². The van der Waals surface area contributed by atoms with E-state index in [1.807, 2.05) is 20.8 Å². The SMILES string of the molecule is CSc1ccc2c(cc1=O)[C@@H](NC(=O)c1ccc(NC(=O)C34CCC(C)(C(=O)O3)C4(C)C)cc1)CCc1cc(O)c(O)c(O)c1-2. The fourth-order valence-electron chi connectivity index (χ4n) is 7.04. The molecule has 2 unspecified atom stereocenters. The predicted molar refractivity (Wildman–Crippen MR) is 168 cm³/mol. The topological polar surface area (TPSA) is 162 Å². The summed E-state index contributed by atoms with van der Waals surface area (Å²) < 4.78 is 5.68. The van der Waals surface area contributed by atoms with Gasteiger partial charge in [0, 0.05) is 22.2 Å². The number of rotatable bonds is 5. The molecule has 1 saturated carbocycles. The summed E-state index contributed by atoms with van der Waals surface area (Å²) in [7, 11) is 0. The van der Waals surface area contributed by atoms with Crippen LogP contribution in [-0.2, 0) is 20.7 Å². The molecule has 10 nitrogen and oxygen atoms in total. The Bertz CT molecular complexity index is 1840. The number of thioether (sulfide) groups is 1. The van der Waals surface area contributed by atoms with E-state index in [2.05, 4.69) is 10.6 Å². The predicted octanol–water partition coefficient (Wildman–Crippen LogP) is 5.03. The van der Waals surface area contributed by atoms with Crippen LogP contribution in [0.3, 0.4) is 0 Å². The minimum absolute atomic E-state index is 0.257. The molecule has 0 spiro atoms. The lowest BCUT2D eigenvalue weighted by atomic mass is 9.66. The molecule has 2 bridgehead atoms. The molecule has 0 radical (unpaired) electrons. The second-order valence-electron chi connectivity index (χ2n) is 12.7. The van der Waals surface area contributed by atoms with Crippen molar-refractivity contribution in [1.82, 2.24) is 5.32 Å². The van der Waals surface area contributed by atoms with Gasteiger partial charge in [-0.2, -0.15) is 0 Å². The van der Waals surface area contributed by atoms with Gasteiger partial charge in [0.2, 0.25) is 5.75 Å². The molecule has 3 aromatic rings. The van der Waals surface area contributed by atoms with Crippen LogP contribution in [0.25, 0.3) is 11.1 Å². The number of hydrogen-bond acceptors (Lipinski definition) is 9. The van der Waals surface area contributed by atoms with E-state index in [0.717, 1.165) is 0 Å². The van der Waals surface area contributed by atoms with E-state index >= 15 is 0 Å². The Kier molecular flexibility index (Phi) is 7.15. The van der Waals surface area contributed by atoms with Gasteiger partial charge >= 0.3 is 5.97 Å². The zero-order chi connectivity index (χ0) is 32.5. The van der Waals surface area contributed by atoms with Crippen LogP contribution in [0.5, 0.6) is 17.2 Å². The van der Waals surface area contributed by atoms with E-state index < -0.39 is 51.5 Å². The Balaban J connectivity index is 1.26. The molecule has 2 amide bonds. The molecule has 3 aliphatic rings. The van der Waals surface area contributed by atoms with Gasteiger partial charge < -0.3 is 30.7 Å². The number of anilines is 1. The highest BCUT2D eigenvalue weighted by Crippen LogP contribution is 2.65. The molecule has 0 aromatic heterocycles. The van der Waals surface area contributed by atoms with Gasteiger partial charge in [0.1, 0.15) is 0 Å². The van der Waals surface area contributed by atoms with Crippen molar-refractivity contribution in [2.45, 2.75) is 63.0 Å². The number of phenolic OH excluding ortho intramolecular Hbond substituents is 3. The standard InChI is InChI=1S/C34H34N2O8S/c1-32(2)33(3)13-14-34(32,44-31(33)43)30(42)35-19-8-5-17(6-9-19)29(41)36-22-11-7-18-15-24(38)27(39)28(40)26(18)20-10-12-25(45-4)23(37)16-21(20)22/h5-6,8-10,12,15-16,22,38-40H,7,11,13-14H2,1-4H3,(H,35,42)(H,36,41)/t22-,33?,34?/m0/s1. The third kappa shape index (κ3) is 4.47. The normalized spacial score (nSPS) is 24.2. The van der Waals surface area contributed by atoms with Crippen molar-refractivity contribution in [2.75, 3.05) is 11.6 Å². The molecular formula is C34H34N2O8S. The van der Waals surface area contributed by atoms with Crippen LogP contribution in [0.4, 0.5) is 5.69 Å². The Labute approximate surface area is 263 Å². The van der Waals surface area contributed by atoms with Crippen LogP contribution >= 0.6 is 11.8 Å². The van der Waals surface area contributed by atoms with Crippen molar-refractivity contribution in [2.24, 2.45) is 10.8 Å². The Hall–Kier alpha value is -4.51. The molecule has 1 heterocycles. The first-order valence-electron chi connectivity index (χ1n) is 14.7. The maximum absolute atomic E-state index is 13.5. The number of fused-ring (bicyclic) bond motifs is 5. The first-order chi connectivity index (χ1) is 21.2. The van der Waals surface area contributed by atoms with Crippen LogP contribution in [0.2, 0.25) is 0 Å². The fourth-order valence-corrected chi connectivity index (χ4v) is 7.50. The lowest BCUT2D eigenvalue weighted by Crippen LogP contribution is -2.50. The smallest absolute Gasteiger partial charge is 0.313 e.